The first-order chi connectivity index (χ1) is 12.1. The Morgan fingerprint density at radius 2 is 2.00 bits per heavy atom. The van der Waals surface area contributed by atoms with Crippen LogP contribution in [0.15, 0.2) is 24.3 Å². The van der Waals surface area contributed by atoms with E-state index in [0.717, 1.165) is 60.0 Å². The largest absolute Gasteiger partial charge is 0.335 e. The highest BCUT2D eigenvalue weighted by atomic mass is 35.5. The minimum Gasteiger partial charge on any atom is -0.335 e. The summed E-state index contributed by atoms with van der Waals surface area (Å²) in [6.07, 6.45) is 3.01. The molecule has 1 aliphatic heterocycles. The highest BCUT2D eigenvalue weighted by Gasteiger charge is 2.28. The Hall–Kier alpha value is -1.43. The number of aromatic nitrogens is 1. The van der Waals surface area contributed by atoms with Crippen molar-refractivity contribution in [1.82, 2.24) is 15.2 Å². The number of nitrogens with zero attached hydrogens (tertiary/aromatic N) is 2. The average molecular weight is 378 g/mol. The van der Waals surface area contributed by atoms with Crippen molar-refractivity contribution < 1.29 is 4.79 Å². The highest BCUT2D eigenvalue weighted by molar-refractivity contribution is 7.17. The Bertz CT molecular complexity index is 723. The molecule has 25 heavy (non-hydrogen) atoms. The van der Waals surface area contributed by atoms with Gasteiger partial charge in [0, 0.05) is 23.2 Å². The molecule has 1 amide bonds. The van der Waals surface area contributed by atoms with Crippen molar-refractivity contribution in [3.8, 4) is 10.6 Å². The Kier molecular flexibility index (Phi) is 6.10. The SMILES string of the molecule is CCCN(C(=O)c1sc(-c2ccc(Cl)cc2)nc1C)C1CCNCC1. The molecule has 134 valence electrons. The summed E-state index contributed by atoms with van der Waals surface area (Å²) in [5.41, 5.74) is 1.82. The van der Waals surface area contributed by atoms with E-state index in [2.05, 4.69) is 22.1 Å². The maximum atomic E-state index is 13.2. The minimum absolute atomic E-state index is 0.129. The van der Waals surface area contributed by atoms with Crippen LogP contribution in [-0.4, -0.2) is 41.5 Å². The highest BCUT2D eigenvalue weighted by Crippen LogP contribution is 2.30. The summed E-state index contributed by atoms with van der Waals surface area (Å²) >= 11 is 7.45. The monoisotopic (exact) mass is 377 g/mol. The molecule has 0 spiro atoms. The Balaban J connectivity index is 1.86. The van der Waals surface area contributed by atoms with E-state index in [4.69, 9.17) is 11.6 Å². The first kappa shape index (κ1) is 18.4. The molecular formula is C19H24ClN3OS. The fraction of sp³-hybridized carbons (Fsp3) is 0.474. The molecule has 0 bridgehead atoms. The van der Waals surface area contributed by atoms with Gasteiger partial charge in [0.1, 0.15) is 9.88 Å². The van der Waals surface area contributed by atoms with Gasteiger partial charge in [-0.1, -0.05) is 30.7 Å². The number of hydrogen-bond acceptors (Lipinski definition) is 4. The number of carbonyl (C=O) groups is 1. The number of benzene rings is 1. The molecular weight excluding hydrogens is 354 g/mol. The molecule has 0 radical (unpaired) electrons. The number of carbonyl (C=O) groups excluding carboxylic acids is 1. The second-order valence-corrected chi connectivity index (χ2v) is 7.86. The summed E-state index contributed by atoms with van der Waals surface area (Å²) in [6.45, 7) is 6.82. The van der Waals surface area contributed by atoms with Gasteiger partial charge in [-0.25, -0.2) is 4.98 Å². The molecule has 1 aliphatic rings. The van der Waals surface area contributed by atoms with Crippen LogP contribution in [0.2, 0.25) is 5.02 Å². The standard InChI is InChI=1S/C19H24ClN3OS/c1-3-12-23(16-8-10-21-11-9-16)19(24)17-13(2)22-18(25-17)14-4-6-15(20)7-5-14/h4-7,16,21H,3,8-12H2,1-2H3. The molecule has 1 aromatic heterocycles. The third kappa shape index (κ3) is 4.22. The first-order valence-corrected chi connectivity index (χ1v) is 10.0. The third-order valence-corrected chi connectivity index (χ3v) is 6.00. The summed E-state index contributed by atoms with van der Waals surface area (Å²) in [4.78, 5) is 20.7. The van der Waals surface area contributed by atoms with Crippen LogP contribution in [0.4, 0.5) is 0 Å². The summed E-state index contributed by atoms with van der Waals surface area (Å²) in [6, 6.07) is 7.94. The van der Waals surface area contributed by atoms with Crippen molar-refractivity contribution >= 4 is 28.8 Å². The van der Waals surface area contributed by atoms with Crippen LogP contribution < -0.4 is 5.32 Å². The van der Waals surface area contributed by atoms with E-state index < -0.39 is 0 Å². The van der Waals surface area contributed by atoms with E-state index >= 15 is 0 Å². The zero-order valence-electron chi connectivity index (χ0n) is 14.7. The summed E-state index contributed by atoms with van der Waals surface area (Å²) in [5.74, 6) is 0.129. The van der Waals surface area contributed by atoms with Crippen LogP contribution in [-0.2, 0) is 0 Å². The van der Waals surface area contributed by atoms with Gasteiger partial charge in [0.15, 0.2) is 0 Å². The summed E-state index contributed by atoms with van der Waals surface area (Å²) < 4.78 is 0. The molecule has 0 saturated carbocycles. The molecule has 3 rings (SSSR count). The number of halogens is 1. The summed E-state index contributed by atoms with van der Waals surface area (Å²) in [7, 11) is 0. The maximum Gasteiger partial charge on any atom is 0.266 e. The van der Waals surface area contributed by atoms with Gasteiger partial charge in [-0.2, -0.15) is 0 Å². The van der Waals surface area contributed by atoms with Crippen molar-refractivity contribution in [3.05, 3.63) is 39.9 Å². The fourth-order valence-corrected chi connectivity index (χ4v) is 4.40. The molecule has 1 N–H and O–H groups in total. The minimum atomic E-state index is 0.129. The van der Waals surface area contributed by atoms with Crippen LogP contribution in [0.1, 0.15) is 41.6 Å². The zero-order chi connectivity index (χ0) is 17.8. The normalized spacial score (nSPS) is 15.3. The predicted molar refractivity (Wildman–Crippen MR) is 105 cm³/mol. The van der Waals surface area contributed by atoms with E-state index in [1.807, 2.05) is 31.2 Å². The quantitative estimate of drug-likeness (QED) is 0.841. The van der Waals surface area contributed by atoms with Crippen molar-refractivity contribution in [2.75, 3.05) is 19.6 Å². The lowest BCUT2D eigenvalue weighted by Crippen LogP contribution is -2.46. The van der Waals surface area contributed by atoms with Crippen molar-refractivity contribution in [2.45, 2.75) is 39.2 Å². The number of piperidine rings is 1. The van der Waals surface area contributed by atoms with Gasteiger partial charge in [0.25, 0.3) is 5.91 Å². The number of thiazole rings is 1. The number of amides is 1. The lowest BCUT2D eigenvalue weighted by molar-refractivity contribution is 0.0646. The van der Waals surface area contributed by atoms with Gasteiger partial charge >= 0.3 is 0 Å². The average Bonchev–Trinajstić information content (AvgIpc) is 3.02. The summed E-state index contributed by atoms with van der Waals surface area (Å²) in [5, 5.41) is 4.95. The fourth-order valence-electron chi connectivity index (χ4n) is 3.25. The predicted octanol–water partition coefficient (Wildman–Crippen LogP) is 4.38. The first-order valence-electron chi connectivity index (χ1n) is 8.85. The van der Waals surface area contributed by atoms with Crippen LogP contribution in [0, 0.1) is 6.92 Å². The van der Waals surface area contributed by atoms with Crippen LogP contribution >= 0.6 is 22.9 Å². The van der Waals surface area contributed by atoms with Crippen LogP contribution in [0.5, 0.6) is 0 Å². The Labute approximate surface area is 158 Å². The van der Waals surface area contributed by atoms with Crippen molar-refractivity contribution in [2.24, 2.45) is 0 Å². The molecule has 2 aromatic rings. The lowest BCUT2D eigenvalue weighted by Gasteiger charge is -2.34. The number of aryl methyl sites for hydroxylation is 1. The number of nitrogens with one attached hydrogen (secondary N) is 1. The van der Waals surface area contributed by atoms with Crippen LogP contribution in [0.25, 0.3) is 10.6 Å². The molecule has 0 atom stereocenters. The molecule has 1 saturated heterocycles. The van der Waals surface area contributed by atoms with Crippen molar-refractivity contribution in [1.29, 1.82) is 0 Å². The van der Waals surface area contributed by atoms with E-state index in [0.29, 0.717) is 11.1 Å². The topological polar surface area (TPSA) is 45.2 Å². The number of rotatable bonds is 5. The van der Waals surface area contributed by atoms with E-state index in [1.54, 1.807) is 0 Å². The molecule has 1 fully saturated rings. The second-order valence-electron chi connectivity index (χ2n) is 6.42. The molecule has 1 aromatic carbocycles. The Morgan fingerprint density at radius 3 is 2.64 bits per heavy atom. The van der Waals surface area contributed by atoms with Gasteiger partial charge in [-0.3, -0.25) is 4.79 Å². The van der Waals surface area contributed by atoms with Gasteiger partial charge < -0.3 is 10.2 Å². The second kappa shape index (κ2) is 8.30. The third-order valence-electron chi connectivity index (χ3n) is 4.56. The molecule has 6 heteroatoms. The molecule has 0 aliphatic carbocycles. The lowest BCUT2D eigenvalue weighted by atomic mass is 10.0. The molecule has 2 heterocycles. The van der Waals surface area contributed by atoms with Crippen molar-refractivity contribution in [3.63, 3.8) is 0 Å². The Morgan fingerprint density at radius 1 is 1.32 bits per heavy atom. The zero-order valence-corrected chi connectivity index (χ0v) is 16.3. The van der Waals surface area contributed by atoms with Gasteiger partial charge in [-0.15, -0.1) is 11.3 Å². The molecule has 4 nitrogen and oxygen atoms in total. The van der Waals surface area contributed by atoms with E-state index in [-0.39, 0.29) is 5.91 Å². The number of hydrogen-bond donors (Lipinski definition) is 1. The smallest absolute Gasteiger partial charge is 0.266 e. The molecule has 0 unspecified atom stereocenters. The van der Waals surface area contributed by atoms with Gasteiger partial charge in [-0.05, 0) is 51.4 Å². The maximum absolute atomic E-state index is 13.2. The van der Waals surface area contributed by atoms with Gasteiger partial charge in [0.05, 0.1) is 5.69 Å². The van der Waals surface area contributed by atoms with Gasteiger partial charge in [0.2, 0.25) is 0 Å². The van der Waals surface area contributed by atoms with Crippen LogP contribution in [0.3, 0.4) is 0 Å². The van der Waals surface area contributed by atoms with E-state index in [9.17, 15) is 4.79 Å². The van der Waals surface area contributed by atoms with E-state index in [1.165, 1.54) is 11.3 Å².